The maximum Gasteiger partial charge on any atom is 0.325 e. The van der Waals surface area contributed by atoms with Crippen molar-refractivity contribution in [1.29, 1.82) is 0 Å². The zero-order valence-corrected chi connectivity index (χ0v) is 11.3. The second-order valence-corrected chi connectivity index (χ2v) is 4.83. The molecule has 2 aromatic rings. The molecular formula is C14H18N2O3. The molecule has 1 aromatic heterocycles. The summed E-state index contributed by atoms with van der Waals surface area (Å²) < 4.78 is 9.88. The number of H-pyrrole nitrogens is 1. The summed E-state index contributed by atoms with van der Waals surface area (Å²) in [5, 5.41) is 1.02. The van der Waals surface area contributed by atoms with Crippen molar-refractivity contribution in [2.45, 2.75) is 18.9 Å². The number of hydrogen-bond acceptors (Lipinski definition) is 4. The van der Waals surface area contributed by atoms with Crippen molar-refractivity contribution in [2.75, 3.05) is 14.2 Å². The smallest absolute Gasteiger partial charge is 0.325 e. The first-order valence-electron chi connectivity index (χ1n) is 5.99. The van der Waals surface area contributed by atoms with E-state index >= 15 is 0 Å². The van der Waals surface area contributed by atoms with Crippen LogP contribution in [0.1, 0.15) is 12.6 Å². The molecule has 0 aliphatic rings. The molecule has 0 radical (unpaired) electrons. The second-order valence-electron chi connectivity index (χ2n) is 4.83. The van der Waals surface area contributed by atoms with Gasteiger partial charge in [-0.3, -0.25) is 4.79 Å². The van der Waals surface area contributed by atoms with Crippen molar-refractivity contribution in [3.63, 3.8) is 0 Å². The monoisotopic (exact) mass is 262 g/mol. The highest BCUT2D eigenvalue weighted by Crippen LogP contribution is 2.23. The maximum atomic E-state index is 11.6. The van der Waals surface area contributed by atoms with Gasteiger partial charge in [0.25, 0.3) is 0 Å². The van der Waals surface area contributed by atoms with Crippen LogP contribution in [0, 0.1) is 0 Å². The molecule has 0 aliphatic carbocycles. The second kappa shape index (κ2) is 4.93. The summed E-state index contributed by atoms with van der Waals surface area (Å²) in [6.07, 6.45) is 0.386. The molecule has 5 nitrogen and oxygen atoms in total. The zero-order valence-electron chi connectivity index (χ0n) is 11.3. The molecule has 0 spiro atoms. The molecule has 1 heterocycles. The number of ether oxygens (including phenoxy) is 2. The largest absolute Gasteiger partial charge is 0.497 e. The molecular weight excluding hydrogens is 244 g/mol. The molecule has 5 heteroatoms. The Bertz CT molecular complexity index is 602. The third-order valence-electron chi connectivity index (χ3n) is 3.09. The Morgan fingerprint density at radius 1 is 1.37 bits per heavy atom. The standard InChI is InChI=1S/C14H18N2O3/c1-14(15,13(17)19-3)8-10-6-9-7-11(18-2)4-5-12(9)16-10/h4-7,16H,8,15H2,1-3H3/t14-/m0/s1. The van der Waals surface area contributed by atoms with Crippen molar-refractivity contribution in [2.24, 2.45) is 5.73 Å². The highest BCUT2D eigenvalue weighted by atomic mass is 16.5. The number of benzene rings is 1. The van der Waals surface area contributed by atoms with Crippen LogP contribution in [0.3, 0.4) is 0 Å². The number of fused-ring (bicyclic) bond motifs is 1. The Morgan fingerprint density at radius 3 is 2.74 bits per heavy atom. The lowest BCUT2D eigenvalue weighted by Crippen LogP contribution is -2.47. The van der Waals surface area contributed by atoms with E-state index in [0.717, 1.165) is 22.3 Å². The van der Waals surface area contributed by atoms with E-state index in [0.29, 0.717) is 6.42 Å². The molecule has 1 atom stereocenters. The lowest BCUT2D eigenvalue weighted by Gasteiger charge is -2.20. The predicted octanol–water partition coefficient (Wildman–Crippen LogP) is 1.61. The SMILES string of the molecule is COC(=O)[C@@](C)(N)Cc1cc2cc(OC)ccc2[nH]1. The molecule has 0 bridgehead atoms. The summed E-state index contributed by atoms with van der Waals surface area (Å²) in [7, 11) is 2.96. The van der Waals surface area contributed by atoms with Gasteiger partial charge in [-0.25, -0.2) is 0 Å². The fourth-order valence-electron chi connectivity index (χ4n) is 2.09. The molecule has 0 saturated carbocycles. The van der Waals surface area contributed by atoms with E-state index in [1.165, 1.54) is 7.11 Å². The molecule has 19 heavy (non-hydrogen) atoms. The van der Waals surface area contributed by atoms with Crippen molar-refractivity contribution in [3.05, 3.63) is 30.0 Å². The van der Waals surface area contributed by atoms with Crippen LogP contribution in [-0.4, -0.2) is 30.7 Å². The van der Waals surface area contributed by atoms with E-state index in [1.54, 1.807) is 14.0 Å². The van der Waals surface area contributed by atoms with Crippen molar-refractivity contribution >= 4 is 16.9 Å². The van der Waals surface area contributed by atoms with Gasteiger partial charge in [-0.05, 0) is 31.2 Å². The zero-order chi connectivity index (χ0) is 14.0. The van der Waals surface area contributed by atoms with E-state index in [4.69, 9.17) is 15.2 Å². The van der Waals surface area contributed by atoms with E-state index in [1.807, 2.05) is 24.3 Å². The van der Waals surface area contributed by atoms with Crippen LogP contribution < -0.4 is 10.5 Å². The number of aromatic amines is 1. The molecule has 0 saturated heterocycles. The molecule has 0 amide bonds. The van der Waals surface area contributed by atoms with Crippen molar-refractivity contribution in [1.82, 2.24) is 4.98 Å². The molecule has 0 aliphatic heterocycles. The third kappa shape index (κ3) is 2.71. The third-order valence-corrected chi connectivity index (χ3v) is 3.09. The van der Waals surface area contributed by atoms with E-state index in [2.05, 4.69) is 4.98 Å². The van der Waals surface area contributed by atoms with Crippen molar-refractivity contribution < 1.29 is 14.3 Å². The average Bonchev–Trinajstić information content (AvgIpc) is 2.77. The summed E-state index contributed by atoms with van der Waals surface area (Å²) in [6.45, 7) is 1.66. The number of esters is 1. The number of nitrogens with one attached hydrogen (secondary N) is 1. The van der Waals surface area contributed by atoms with Crippen LogP contribution in [0.2, 0.25) is 0 Å². The topological polar surface area (TPSA) is 77.3 Å². The van der Waals surface area contributed by atoms with Gasteiger partial charge in [0.2, 0.25) is 0 Å². The fourth-order valence-corrected chi connectivity index (χ4v) is 2.09. The lowest BCUT2D eigenvalue weighted by atomic mass is 9.97. The quantitative estimate of drug-likeness (QED) is 0.821. The summed E-state index contributed by atoms with van der Waals surface area (Å²) in [4.78, 5) is 14.8. The van der Waals surface area contributed by atoms with E-state index < -0.39 is 11.5 Å². The number of rotatable bonds is 4. The van der Waals surface area contributed by atoms with Gasteiger partial charge in [-0.15, -0.1) is 0 Å². The fraction of sp³-hybridized carbons (Fsp3) is 0.357. The van der Waals surface area contributed by atoms with Gasteiger partial charge in [0.05, 0.1) is 14.2 Å². The van der Waals surface area contributed by atoms with Crippen LogP contribution in [0.25, 0.3) is 10.9 Å². The molecule has 102 valence electrons. The molecule has 3 N–H and O–H groups in total. The Labute approximate surface area is 111 Å². The Morgan fingerprint density at radius 2 is 2.11 bits per heavy atom. The maximum absolute atomic E-state index is 11.6. The normalized spacial score (nSPS) is 14.1. The Kier molecular flexibility index (Phi) is 3.48. The predicted molar refractivity (Wildman–Crippen MR) is 73.2 cm³/mol. The molecule has 1 aromatic carbocycles. The highest BCUT2D eigenvalue weighted by molar-refractivity contribution is 5.83. The number of carbonyl (C=O) groups is 1. The number of methoxy groups -OCH3 is 2. The molecule has 2 rings (SSSR count). The van der Waals surface area contributed by atoms with Gasteiger partial charge in [-0.2, -0.15) is 0 Å². The van der Waals surface area contributed by atoms with Gasteiger partial charge in [0.15, 0.2) is 0 Å². The van der Waals surface area contributed by atoms with Crippen LogP contribution in [0.4, 0.5) is 0 Å². The minimum absolute atomic E-state index is 0.386. The molecule has 0 unspecified atom stereocenters. The van der Waals surface area contributed by atoms with Gasteiger partial charge in [0.1, 0.15) is 11.3 Å². The van der Waals surface area contributed by atoms with Crippen LogP contribution in [-0.2, 0) is 16.0 Å². The summed E-state index contributed by atoms with van der Waals surface area (Å²) >= 11 is 0. The highest BCUT2D eigenvalue weighted by Gasteiger charge is 2.30. The average molecular weight is 262 g/mol. The van der Waals surface area contributed by atoms with Gasteiger partial charge in [0, 0.05) is 23.0 Å². The number of aromatic nitrogens is 1. The summed E-state index contributed by atoms with van der Waals surface area (Å²) in [5.41, 5.74) is 6.79. The lowest BCUT2D eigenvalue weighted by molar-refractivity contribution is -0.146. The first-order chi connectivity index (χ1) is 8.96. The number of nitrogens with two attached hydrogens (primary N) is 1. The van der Waals surface area contributed by atoms with Gasteiger partial charge < -0.3 is 20.2 Å². The van der Waals surface area contributed by atoms with E-state index in [9.17, 15) is 4.79 Å². The molecule has 0 fully saturated rings. The number of carbonyl (C=O) groups excluding carboxylic acids is 1. The van der Waals surface area contributed by atoms with E-state index in [-0.39, 0.29) is 0 Å². The van der Waals surface area contributed by atoms with Crippen molar-refractivity contribution in [3.8, 4) is 5.75 Å². The minimum atomic E-state index is -1.04. The Balaban J connectivity index is 2.29. The van der Waals surface area contributed by atoms with Crippen LogP contribution in [0.5, 0.6) is 5.75 Å². The summed E-state index contributed by atoms with van der Waals surface area (Å²) in [6, 6.07) is 7.71. The Hall–Kier alpha value is -2.01. The van der Waals surface area contributed by atoms with Crippen LogP contribution >= 0.6 is 0 Å². The van der Waals surface area contributed by atoms with Crippen LogP contribution in [0.15, 0.2) is 24.3 Å². The first kappa shape index (κ1) is 13.4. The minimum Gasteiger partial charge on any atom is -0.497 e. The first-order valence-corrected chi connectivity index (χ1v) is 5.99. The summed E-state index contributed by atoms with van der Waals surface area (Å²) in [5.74, 6) is 0.366. The number of hydrogen-bond donors (Lipinski definition) is 2. The van der Waals surface area contributed by atoms with Gasteiger partial charge in [-0.1, -0.05) is 0 Å². The van der Waals surface area contributed by atoms with Gasteiger partial charge >= 0.3 is 5.97 Å².